The summed E-state index contributed by atoms with van der Waals surface area (Å²) in [6.07, 6.45) is -1.54. The lowest BCUT2D eigenvalue weighted by Crippen LogP contribution is -2.33. The molecule has 256 valence electrons. The summed E-state index contributed by atoms with van der Waals surface area (Å²) in [5, 5.41) is 22.0. The van der Waals surface area contributed by atoms with E-state index in [0.717, 1.165) is 5.39 Å². The molecule has 6 rings (SSSR count). The number of aliphatic hydroxyl groups is 2. The normalized spacial score (nSPS) is 15.5. The lowest BCUT2D eigenvalue weighted by Gasteiger charge is -2.37. The molecule has 4 aromatic carbocycles. The fourth-order valence-electron chi connectivity index (χ4n) is 5.56. The molecule has 0 aromatic heterocycles. The van der Waals surface area contributed by atoms with Crippen LogP contribution in [-0.2, 0) is 19.8 Å². The molecule has 11 nitrogen and oxygen atoms in total. The van der Waals surface area contributed by atoms with E-state index in [9.17, 15) is 14.4 Å². The zero-order chi connectivity index (χ0) is 34.2. The summed E-state index contributed by atoms with van der Waals surface area (Å²) in [6, 6.07) is 21.1. The molecule has 49 heavy (non-hydrogen) atoms. The third-order valence-electron chi connectivity index (χ3n) is 7.43. The fraction of sp³-hybridized carbons (Fsp3) is 0.265. The van der Waals surface area contributed by atoms with Gasteiger partial charge >= 0.3 is 18.2 Å². The van der Waals surface area contributed by atoms with Crippen LogP contribution in [0.25, 0.3) is 10.8 Å². The Morgan fingerprint density at radius 2 is 1.49 bits per heavy atom. The molecule has 0 fully saturated rings. The minimum Gasteiger partial charge on any atom is -0.456 e. The largest absolute Gasteiger partial charge is 0.513 e. The second-order valence-electron chi connectivity index (χ2n) is 10.4. The van der Waals surface area contributed by atoms with Crippen LogP contribution in [0.4, 0.5) is 15.3 Å². The molecule has 0 saturated carbocycles. The van der Waals surface area contributed by atoms with Crippen LogP contribution < -0.4 is 14.8 Å². The second kappa shape index (κ2) is 16.3. The SMILES string of the molecule is O=C(Nc1cccc2ccc3c(c12)Oc1cc(OC(=O)OCCSSCCO)ccc1C31OC(=O)c2ccccc21)OCCSSCCO. The number of esters is 1. The van der Waals surface area contributed by atoms with E-state index < -0.39 is 23.8 Å². The molecule has 2 aliphatic rings. The highest BCUT2D eigenvalue weighted by Crippen LogP contribution is 2.58. The van der Waals surface area contributed by atoms with Crippen molar-refractivity contribution in [3.05, 3.63) is 95.1 Å². The van der Waals surface area contributed by atoms with Crippen molar-refractivity contribution in [3.8, 4) is 17.2 Å². The minimum absolute atomic E-state index is 0.0730. The van der Waals surface area contributed by atoms with E-state index >= 15 is 0 Å². The standard InChI is InChI=1S/C34H31NO10S4/c36-12-16-46-48-18-14-41-32(39)35-27-7-3-4-21-8-10-26-30(29(21)27)44-28-20-22(43-33(40)42-15-19-49-47-17-13-37)9-11-25(28)34(26)24-6-2-1-5-23(24)31(38)45-34/h1-11,20,36-37H,12-19H2,(H,35,39). The van der Waals surface area contributed by atoms with Gasteiger partial charge in [0.2, 0.25) is 0 Å². The highest BCUT2D eigenvalue weighted by Gasteiger charge is 2.54. The highest BCUT2D eigenvalue weighted by atomic mass is 33.1. The molecule has 2 aliphatic heterocycles. The number of ether oxygens (including phenoxy) is 5. The average Bonchev–Trinajstić information content (AvgIpc) is 3.40. The van der Waals surface area contributed by atoms with Crippen molar-refractivity contribution in [1.82, 2.24) is 0 Å². The number of benzene rings is 4. The molecule has 1 atom stereocenters. The van der Waals surface area contributed by atoms with Crippen molar-refractivity contribution >= 4 is 77.9 Å². The first kappa shape index (κ1) is 35.1. The molecular weight excluding hydrogens is 711 g/mol. The fourth-order valence-corrected chi connectivity index (χ4v) is 8.75. The Labute approximate surface area is 297 Å². The summed E-state index contributed by atoms with van der Waals surface area (Å²) in [5.74, 6) is 2.52. The monoisotopic (exact) mass is 741 g/mol. The van der Waals surface area contributed by atoms with Gasteiger partial charge < -0.3 is 33.9 Å². The first-order valence-electron chi connectivity index (χ1n) is 15.2. The molecular formula is C34H31NO10S4. The molecule has 0 bridgehead atoms. The van der Waals surface area contributed by atoms with Crippen LogP contribution in [0, 0.1) is 0 Å². The molecule has 1 unspecified atom stereocenters. The van der Waals surface area contributed by atoms with Crippen molar-refractivity contribution in [1.29, 1.82) is 0 Å². The Bertz CT molecular complexity index is 1860. The van der Waals surface area contributed by atoms with Gasteiger partial charge in [0.1, 0.15) is 30.5 Å². The number of amides is 1. The third-order valence-corrected chi connectivity index (χ3v) is 12.1. The molecule has 1 amide bonds. The smallest absolute Gasteiger partial charge is 0.456 e. The summed E-state index contributed by atoms with van der Waals surface area (Å²) < 4.78 is 29.0. The summed E-state index contributed by atoms with van der Waals surface area (Å²) in [7, 11) is 5.95. The van der Waals surface area contributed by atoms with E-state index in [4.69, 9.17) is 33.9 Å². The Morgan fingerprint density at radius 1 is 0.776 bits per heavy atom. The molecule has 0 aliphatic carbocycles. The van der Waals surface area contributed by atoms with E-state index in [2.05, 4.69) is 5.32 Å². The van der Waals surface area contributed by atoms with Crippen LogP contribution in [0.5, 0.6) is 17.2 Å². The van der Waals surface area contributed by atoms with Crippen LogP contribution in [0.1, 0.15) is 27.0 Å². The molecule has 0 saturated heterocycles. The lowest BCUT2D eigenvalue weighted by atomic mass is 9.77. The van der Waals surface area contributed by atoms with E-state index in [1.807, 2.05) is 30.3 Å². The number of aliphatic hydroxyl groups excluding tert-OH is 2. The van der Waals surface area contributed by atoms with Crippen molar-refractivity contribution in [2.45, 2.75) is 5.60 Å². The van der Waals surface area contributed by atoms with E-state index in [0.29, 0.717) is 62.1 Å². The predicted molar refractivity (Wildman–Crippen MR) is 193 cm³/mol. The van der Waals surface area contributed by atoms with Gasteiger partial charge in [0, 0.05) is 51.2 Å². The average molecular weight is 742 g/mol. The molecule has 0 radical (unpaired) electrons. The Morgan fingerprint density at radius 3 is 2.27 bits per heavy atom. The number of hydrogen-bond donors (Lipinski definition) is 3. The molecule has 15 heteroatoms. The van der Waals surface area contributed by atoms with E-state index in [1.54, 1.807) is 36.4 Å². The third kappa shape index (κ3) is 7.56. The maximum Gasteiger partial charge on any atom is 0.513 e. The van der Waals surface area contributed by atoms with Gasteiger partial charge in [-0.1, -0.05) is 79.6 Å². The Hall–Kier alpha value is -3.73. The van der Waals surface area contributed by atoms with Crippen LogP contribution in [0.3, 0.4) is 0 Å². The van der Waals surface area contributed by atoms with Crippen molar-refractivity contribution < 1.29 is 48.3 Å². The van der Waals surface area contributed by atoms with Gasteiger partial charge in [-0.25, -0.2) is 14.4 Å². The van der Waals surface area contributed by atoms with Crippen molar-refractivity contribution in [3.63, 3.8) is 0 Å². The molecule has 3 N–H and O–H groups in total. The van der Waals surface area contributed by atoms with Gasteiger partial charge in [-0.2, -0.15) is 0 Å². The summed E-state index contributed by atoms with van der Waals surface area (Å²) in [4.78, 5) is 38.8. The maximum absolute atomic E-state index is 13.4. The van der Waals surface area contributed by atoms with Gasteiger partial charge in [0.25, 0.3) is 0 Å². The van der Waals surface area contributed by atoms with Crippen LogP contribution >= 0.6 is 43.2 Å². The number of carbonyl (C=O) groups is 3. The first-order chi connectivity index (χ1) is 24.0. The number of hydrogen-bond acceptors (Lipinski definition) is 14. The summed E-state index contributed by atoms with van der Waals surface area (Å²) >= 11 is 0. The summed E-state index contributed by atoms with van der Waals surface area (Å²) in [6.45, 7) is 0.446. The summed E-state index contributed by atoms with van der Waals surface area (Å²) in [5.41, 5.74) is 1.13. The number of anilines is 1. The number of carbonyl (C=O) groups excluding carboxylic acids is 3. The Kier molecular flexibility index (Phi) is 11.7. The highest BCUT2D eigenvalue weighted by molar-refractivity contribution is 8.77. The lowest BCUT2D eigenvalue weighted by molar-refractivity contribution is 0.0225. The van der Waals surface area contributed by atoms with Crippen molar-refractivity contribution in [2.75, 3.05) is 54.8 Å². The molecule has 4 aromatic rings. The van der Waals surface area contributed by atoms with Crippen molar-refractivity contribution in [2.24, 2.45) is 0 Å². The number of nitrogens with one attached hydrogen (secondary N) is 1. The van der Waals surface area contributed by atoms with Gasteiger partial charge in [-0.15, -0.1) is 0 Å². The molecule has 1 spiro atoms. The maximum atomic E-state index is 13.4. The second-order valence-corrected chi connectivity index (χ2v) is 15.8. The van der Waals surface area contributed by atoms with E-state index in [1.165, 1.54) is 49.2 Å². The Balaban J connectivity index is 1.33. The van der Waals surface area contributed by atoms with Gasteiger partial charge in [-0.3, -0.25) is 5.32 Å². The van der Waals surface area contributed by atoms with E-state index in [-0.39, 0.29) is 37.9 Å². The molecule has 2 heterocycles. The first-order valence-corrected chi connectivity index (χ1v) is 20.1. The van der Waals surface area contributed by atoms with Crippen LogP contribution in [0.2, 0.25) is 0 Å². The minimum atomic E-state index is -1.40. The van der Waals surface area contributed by atoms with Gasteiger partial charge in [0.15, 0.2) is 5.60 Å². The number of fused-ring (bicyclic) bond motifs is 8. The zero-order valence-electron chi connectivity index (χ0n) is 25.9. The topological polar surface area (TPSA) is 150 Å². The van der Waals surface area contributed by atoms with Crippen LogP contribution in [-0.4, -0.2) is 77.9 Å². The van der Waals surface area contributed by atoms with Gasteiger partial charge in [-0.05, 0) is 35.7 Å². The van der Waals surface area contributed by atoms with Gasteiger partial charge in [0.05, 0.1) is 24.5 Å². The van der Waals surface area contributed by atoms with Crippen LogP contribution in [0.15, 0.2) is 72.8 Å². The zero-order valence-corrected chi connectivity index (χ0v) is 29.1. The number of rotatable bonds is 14. The quantitative estimate of drug-likeness (QED) is 0.0392. The predicted octanol–water partition coefficient (Wildman–Crippen LogP) is 7.22.